The molecule has 0 saturated carbocycles. The van der Waals surface area contributed by atoms with Crippen LogP contribution >= 0.6 is 0 Å². The summed E-state index contributed by atoms with van der Waals surface area (Å²) in [5.74, 6) is -1.93. The SMILES string of the molecule is Cc1ccc([C@]2(C)NC(=O)N(CC(=O)OCC(=O)Nc3cccc(C)c3)C2=O)cc1. The van der Waals surface area contributed by atoms with Gasteiger partial charge >= 0.3 is 12.0 Å². The summed E-state index contributed by atoms with van der Waals surface area (Å²) in [4.78, 5) is 50.0. The Kier molecular flexibility index (Phi) is 5.86. The molecule has 4 amide bonds. The summed E-state index contributed by atoms with van der Waals surface area (Å²) in [6, 6.07) is 13.7. The molecule has 0 radical (unpaired) electrons. The first-order valence-corrected chi connectivity index (χ1v) is 9.42. The van der Waals surface area contributed by atoms with Crippen molar-refractivity contribution in [3.05, 3.63) is 65.2 Å². The van der Waals surface area contributed by atoms with Crippen LogP contribution in [0.15, 0.2) is 48.5 Å². The highest BCUT2D eigenvalue weighted by atomic mass is 16.5. The second-order valence-electron chi connectivity index (χ2n) is 7.39. The lowest BCUT2D eigenvalue weighted by Gasteiger charge is -2.22. The van der Waals surface area contributed by atoms with E-state index in [2.05, 4.69) is 10.6 Å². The molecule has 0 spiro atoms. The number of rotatable bonds is 6. The van der Waals surface area contributed by atoms with Crippen molar-refractivity contribution in [3.8, 4) is 0 Å². The number of esters is 1. The molecule has 0 aliphatic carbocycles. The molecule has 0 unspecified atom stereocenters. The third kappa shape index (κ3) is 4.48. The number of nitrogens with zero attached hydrogens (tertiary/aromatic N) is 1. The van der Waals surface area contributed by atoms with Crippen molar-refractivity contribution in [1.29, 1.82) is 0 Å². The van der Waals surface area contributed by atoms with Crippen molar-refractivity contribution >= 4 is 29.5 Å². The molecule has 8 nitrogen and oxygen atoms in total. The summed E-state index contributed by atoms with van der Waals surface area (Å²) < 4.78 is 4.93. The minimum Gasteiger partial charge on any atom is -0.454 e. The molecule has 1 heterocycles. The Labute approximate surface area is 174 Å². The molecular weight excluding hydrogens is 386 g/mol. The maximum atomic E-state index is 12.8. The van der Waals surface area contributed by atoms with Crippen LogP contribution in [0.5, 0.6) is 0 Å². The highest BCUT2D eigenvalue weighted by molar-refractivity contribution is 6.09. The minimum atomic E-state index is -1.27. The van der Waals surface area contributed by atoms with E-state index in [4.69, 9.17) is 4.74 Å². The lowest BCUT2D eigenvalue weighted by Crippen LogP contribution is -2.41. The van der Waals surface area contributed by atoms with Crippen LogP contribution in [-0.4, -0.2) is 41.9 Å². The number of hydrogen-bond donors (Lipinski definition) is 2. The number of urea groups is 1. The predicted molar refractivity (Wildman–Crippen MR) is 110 cm³/mol. The quantitative estimate of drug-likeness (QED) is 0.562. The molecule has 8 heteroatoms. The van der Waals surface area contributed by atoms with Gasteiger partial charge < -0.3 is 15.4 Å². The van der Waals surface area contributed by atoms with E-state index in [1.165, 1.54) is 0 Å². The van der Waals surface area contributed by atoms with E-state index >= 15 is 0 Å². The van der Waals surface area contributed by atoms with E-state index in [-0.39, 0.29) is 0 Å². The lowest BCUT2D eigenvalue weighted by molar-refractivity contribution is -0.150. The van der Waals surface area contributed by atoms with Crippen LogP contribution in [0, 0.1) is 13.8 Å². The number of benzene rings is 2. The van der Waals surface area contributed by atoms with E-state index in [0.29, 0.717) is 11.3 Å². The Bertz CT molecular complexity index is 1000. The van der Waals surface area contributed by atoms with Crippen molar-refractivity contribution in [2.75, 3.05) is 18.5 Å². The molecule has 0 aromatic heterocycles. The molecule has 1 fully saturated rings. The van der Waals surface area contributed by atoms with Crippen LogP contribution in [0.25, 0.3) is 0 Å². The average molecular weight is 409 g/mol. The molecule has 30 heavy (non-hydrogen) atoms. The Hall–Kier alpha value is -3.68. The molecule has 1 aliphatic rings. The van der Waals surface area contributed by atoms with Crippen molar-refractivity contribution in [2.24, 2.45) is 0 Å². The predicted octanol–water partition coefficient (Wildman–Crippen LogP) is 2.25. The van der Waals surface area contributed by atoms with Gasteiger partial charge in [-0.2, -0.15) is 0 Å². The van der Waals surface area contributed by atoms with Crippen LogP contribution in [0.3, 0.4) is 0 Å². The van der Waals surface area contributed by atoms with E-state index in [9.17, 15) is 19.2 Å². The maximum absolute atomic E-state index is 12.8. The summed E-state index contributed by atoms with van der Waals surface area (Å²) in [5, 5.41) is 5.24. The number of carbonyl (C=O) groups excluding carboxylic acids is 4. The molecule has 3 rings (SSSR count). The molecule has 1 aliphatic heterocycles. The number of carbonyl (C=O) groups is 4. The van der Waals surface area contributed by atoms with Crippen LogP contribution in [0.4, 0.5) is 10.5 Å². The fourth-order valence-electron chi connectivity index (χ4n) is 3.16. The standard InChI is InChI=1S/C22H23N3O5/c1-14-7-9-16(10-8-14)22(3)20(28)25(21(29)24-22)12-19(27)30-13-18(26)23-17-6-4-5-15(2)11-17/h4-11H,12-13H2,1-3H3,(H,23,26)(H,24,29)/t22-/m0/s1. The first kappa shape index (κ1) is 21.0. The van der Waals surface area contributed by atoms with Crippen molar-refractivity contribution < 1.29 is 23.9 Å². The summed E-state index contributed by atoms with van der Waals surface area (Å²) in [6.07, 6.45) is 0. The Morgan fingerprint density at radius 2 is 1.77 bits per heavy atom. The summed E-state index contributed by atoms with van der Waals surface area (Å²) in [6.45, 7) is 4.28. The van der Waals surface area contributed by atoms with Gasteiger partial charge in [0, 0.05) is 5.69 Å². The van der Waals surface area contributed by atoms with Gasteiger partial charge in [0.2, 0.25) is 0 Å². The van der Waals surface area contributed by atoms with Gasteiger partial charge in [-0.15, -0.1) is 0 Å². The Balaban J connectivity index is 1.57. The largest absolute Gasteiger partial charge is 0.454 e. The highest BCUT2D eigenvalue weighted by Gasteiger charge is 2.49. The van der Waals surface area contributed by atoms with Crippen LogP contribution < -0.4 is 10.6 Å². The number of amides is 4. The Morgan fingerprint density at radius 3 is 2.43 bits per heavy atom. The van der Waals surface area contributed by atoms with Crippen LogP contribution in [0.1, 0.15) is 23.6 Å². The highest BCUT2D eigenvalue weighted by Crippen LogP contribution is 2.28. The topological polar surface area (TPSA) is 105 Å². The van der Waals surface area contributed by atoms with Gasteiger partial charge in [0.25, 0.3) is 11.8 Å². The average Bonchev–Trinajstić information content (AvgIpc) is 2.91. The Morgan fingerprint density at radius 1 is 1.07 bits per heavy atom. The van der Waals surface area contributed by atoms with Crippen LogP contribution in [0.2, 0.25) is 0 Å². The number of anilines is 1. The van der Waals surface area contributed by atoms with Crippen molar-refractivity contribution in [3.63, 3.8) is 0 Å². The van der Waals surface area contributed by atoms with Gasteiger partial charge in [-0.05, 0) is 44.0 Å². The smallest absolute Gasteiger partial charge is 0.326 e. The fraction of sp³-hybridized carbons (Fsp3) is 0.273. The number of ether oxygens (including phenoxy) is 1. The number of aryl methyl sites for hydroxylation is 2. The number of hydrogen-bond acceptors (Lipinski definition) is 5. The number of imide groups is 1. The summed E-state index contributed by atoms with van der Waals surface area (Å²) >= 11 is 0. The summed E-state index contributed by atoms with van der Waals surface area (Å²) in [5.41, 5.74) is 1.91. The van der Waals surface area contributed by atoms with Gasteiger partial charge in [0.1, 0.15) is 12.1 Å². The van der Waals surface area contributed by atoms with E-state index in [1.807, 2.05) is 32.0 Å². The zero-order valence-electron chi connectivity index (χ0n) is 17.0. The van der Waals surface area contributed by atoms with Crippen LogP contribution in [-0.2, 0) is 24.7 Å². The lowest BCUT2D eigenvalue weighted by atomic mass is 9.91. The van der Waals surface area contributed by atoms with Gasteiger partial charge in [-0.25, -0.2) is 4.79 Å². The molecule has 2 N–H and O–H groups in total. The third-order valence-electron chi connectivity index (χ3n) is 4.86. The first-order chi connectivity index (χ1) is 14.2. The first-order valence-electron chi connectivity index (χ1n) is 9.42. The zero-order valence-corrected chi connectivity index (χ0v) is 17.0. The van der Waals surface area contributed by atoms with Gasteiger partial charge in [0.15, 0.2) is 6.61 Å². The normalized spacial score (nSPS) is 18.2. The second-order valence-corrected chi connectivity index (χ2v) is 7.39. The minimum absolute atomic E-state index is 0.518. The molecule has 1 saturated heterocycles. The molecule has 156 valence electrons. The van der Waals surface area contributed by atoms with Crippen molar-refractivity contribution in [1.82, 2.24) is 10.2 Å². The molecule has 1 atom stereocenters. The second kappa shape index (κ2) is 8.36. The number of nitrogens with one attached hydrogen (secondary N) is 2. The molecule has 2 aromatic carbocycles. The molecule has 0 bridgehead atoms. The van der Waals surface area contributed by atoms with E-state index in [1.54, 1.807) is 37.3 Å². The zero-order chi connectivity index (χ0) is 21.9. The van der Waals surface area contributed by atoms with E-state index in [0.717, 1.165) is 16.0 Å². The molecular formula is C22H23N3O5. The molecule has 2 aromatic rings. The maximum Gasteiger partial charge on any atom is 0.326 e. The van der Waals surface area contributed by atoms with E-state index < -0.39 is 42.5 Å². The van der Waals surface area contributed by atoms with Gasteiger partial charge in [-0.3, -0.25) is 19.3 Å². The summed E-state index contributed by atoms with van der Waals surface area (Å²) in [7, 11) is 0. The monoisotopic (exact) mass is 409 g/mol. The van der Waals surface area contributed by atoms with Crippen molar-refractivity contribution in [2.45, 2.75) is 26.3 Å². The van der Waals surface area contributed by atoms with Gasteiger partial charge in [-0.1, -0.05) is 42.0 Å². The third-order valence-corrected chi connectivity index (χ3v) is 4.86. The fourth-order valence-corrected chi connectivity index (χ4v) is 3.16. The van der Waals surface area contributed by atoms with Gasteiger partial charge in [0.05, 0.1) is 0 Å².